The SMILES string of the molecule is O=C(NC(F)(n1cncn1)C(O)(F)C(F)(F)CF)c1ccccc1. The van der Waals surface area contributed by atoms with Crippen molar-refractivity contribution < 1.29 is 31.9 Å². The van der Waals surface area contributed by atoms with E-state index in [1.165, 1.54) is 35.6 Å². The summed E-state index contributed by atoms with van der Waals surface area (Å²) in [6.45, 7) is -2.72. The van der Waals surface area contributed by atoms with Crippen molar-refractivity contribution in [2.75, 3.05) is 6.67 Å². The predicted molar refractivity (Wildman–Crippen MR) is 70.0 cm³/mol. The van der Waals surface area contributed by atoms with E-state index >= 15 is 4.39 Å². The Morgan fingerprint density at radius 3 is 2.33 bits per heavy atom. The van der Waals surface area contributed by atoms with Crippen LogP contribution < -0.4 is 5.32 Å². The first-order chi connectivity index (χ1) is 11.2. The quantitative estimate of drug-likeness (QED) is 0.612. The molecule has 1 heterocycles. The summed E-state index contributed by atoms with van der Waals surface area (Å²) in [4.78, 5) is 15.2. The van der Waals surface area contributed by atoms with Gasteiger partial charge >= 0.3 is 17.7 Å². The third-order valence-corrected chi connectivity index (χ3v) is 3.14. The number of halogens is 5. The molecule has 1 aromatic heterocycles. The molecule has 6 nitrogen and oxygen atoms in total. The number of hydrogen-bond donors (Lipinski definition) is 2. The maximum atomic E-state index is 15.0. The Bertz CT molecular complexity index is 696. The first-order valence-electron chi connectivity index (χ1n) is 6.42. The summed E-state index contributed by atoms with van der Waals surface area (Å²) >= 11 is 0. The number of rotatable bonds is 6. The fraction of sp³-hybridized carbons (Fsp3) is 0.308. The van der Waals surface area contributed by atoms with Crippen LogP contribution >= 0.6 is 0 Å². The minimum absolute atomic E-state index is 0.183. The van der Waals surface area contributed by atoms with Crippen LogP contribution in [-0.2, 0) is 5.92 Å². The standard InChI is InChI=1S/C13H11F5N4O2/c14-6-11(15,16)12(17,24)13(18,22-8-19-7-20-22)21-10(23)9-4-2-1-3-5-9/h1-5,7-8,24H,6H2,(H,21,23). The number of aromatic nitrogens is 3. The van der Waals surface area contributed by atoms with Gasteiger partial charge in [0, 0.05) is 5.56 Å². The smallest absolute Gasteiger partial charge is 0.348 e. The maximum absolute atomic E-state index is 15.0. The van der Waals surface area contributed by atoms with Crippen molar-refractivity contribution in [3.63, 3.8) is 0 Å². The Hall–Kier alpha value is -2.56. The van der Waals surface area contributed by atoms with E-state index in [2.05, 4.69) is 10.1 Å². The molecule has 2 rings (SSSR count). The Morgan fingerprint density at radius 1 is 1.21 bits per heavy atom. The second-order valence-corrected chi connectivity index (χ2v) is 4.74. The van der Waals surface area contributed by atoms with E-state index in [1.807, 2.05) is 0 Å². The number of nitrogens with zero attached hydrogens (tertiary/aromatic N) is 3. The largest absolute Gasteiger partial charge is 0.351 e. The summed E-state index contributed by atoms with van der Waals surface area (Å²) in [5, 5.41) is 13.8. The van der Waals surface area contributed by atoms with Crippen LogP contribution in [0.3, 0.4) is 0 Å². The van der Waals surface area contributed by atoms with Crippen molar-refractivity contribution in [3.05, 3.63) is 48.5 Å². The van der Waals surface area contributed by atoms with Gasteiger partial charge in [-0.25, -0.2) is 9.37 Å². The normalized spacial score (nSPS) is 16.9. The molecule has 2 atom stereocenters. The van der Waals surface area contributed by atoms with E-state index < -0.39 is 30.3 Å². The fourth-order valence-corrected chi connectivity index (χ4v) is 1.80. The summed E-state index contributed by atoms with van der Waals surface area (Å²) < 4.78 is 68.3. The van der Waals surface area contributed by atoms with Gasteiger partial charge in [-0.2, -0.15) is 27.3 Å². The van der Waals surface area contributed by atoms with Gasteiger partial charge in [0.15, 0.2) is 6.67 Å². The van der Waals surface area contributed by atoms with Crippen LogP contribution in [0.1, 0.15) is 10.4 Å². The molecular weight excluding hydrogens is 339 g/mol. The van der Waals surface area contributed by atoms with Gasteiger partial charge in [0.2, 0.25) is 0 Å². The van der Waals surface area contributed by atoms with E-state index in [9.17, 15) is 27.5 Å². The van der Waals surface area contributed by atoms with Crippen LogP contribution in [0.5, 0.6) is 0 Å². The lowest BCUT2D eigenvalue weighted by molar-refractivity contribution is -0.345. The van der Waals surface area contributed by atoms with Crippen molar-refractivity contribution in [1.29, 1.82) is 0 Å². The molecule has 0 saturated heterocycles. The average Bonchev–Trinajstić information content (AvgIpc) is 3.10. The van der Waals surface area contributed by atoms with Crippen LogP contribution in [0, 0.1) is 0 Å². The van der Waals surface area contributed by atoms with Gasteiger partial charge in [-0.1, -0.05) is 18.2 Å². The summed E-state index contributed by atoms with van der Waals surface area (Å²) in [5.74, 6) is -16.0. The Labute approximate surface area is 131 Å². The number of alkyl halides is 5. The first kappa shape index (κ1) is 17.8. The van der Waals surface area contributed by atoms with Crippen molar-refractivity contribution in [1.82, 2.24) is 20.1 Å². The van der Waals surface area contributed by atoms with E-state index in [4.69, 9.17) is 0 Å². The summed E-state index contributed by atoms with van der Waals surface area (Å²) in [6, 6.07) is 6.63. The molecular formula is C13H11F5N4O2. The zero-order valence-electron chi connectivity index (χ0n) is 11.8. The molecule has 0 saturated carbocycles. The molecule has 1 aromatic carbocycles. The van der Waals surface area contributed by atoms with Crippen LogP contribution in [0.15, 0.2) is 43.0 Å². The minimum atomic E-state index is -5.18. The topological polar surface area (TPSA) is 80.0 Å². The number of aliphatic hydroxyl groups is 1. The summed E-state index contributed by atoms with van der Waals surface area (Å²) in [7, 11) is 0. The molecule has 0 radical (unpaired) electrons. The van der Waals surface area contributed by atoms with E-state index in [-0.39, 0.29) is 10.2 Å². The zero-order chi connectivity index (χ0) is 18.0. The Balaban J connectivity index is 2.48. The fourth-order valence-electron chi connectivity index (χ4n) is 1.80. The van der Waals surface area contributed by atoms with Gasteiger partial charge in [-0.05, 0) is 12.1 Å². The number of hydrogen-bond acceptors (Lipinski definition) is 4. The lowest BCUT2D eigenvalue weighted by atomic mass is 10.1. The monoisotopic (exact) mass is 350 g/mol. The number of benzene rings is 1. The Morgan fingerprint density at radius 2 is 1.83 bits per heavy atom. The van der Waals surface area contributed by atoms with Gasteiger partial charge in [-0.3, -0.25) is 10.1 Å². The van der Waals surface area contributed by atoms with Crippen LogP contribution in [0.4, 0.5) is 22.0 Å². The number of amides is 1. The van der Waals surface area contributed by atoms with Gasteiger partial charge in [-0.15, -0.1) is 0 Å². The third-order valence-electron chi connectivity index (χ3n) is 3.14. The van der Waals surface area contributed by atoms with Crippen molar-refractivity contribution >= 4 is 5.91 Å². The van der Waals surface area contributed by atoms with E-state index in [1.54, 1.807) is 0 Å². The van der Waals surface area contributed by atoms with E-state index in [0.717, 1.165) is 0 Å². The van der Waals surface area contributed by atoms with Gasteiger partial charge < -0.3 is 5.11 Å². The molecule has 11 heteroatoms. The molecule has 1 amide bonds. The second kappa shape index (κ2) is 6.15. The number of carbonyl (C=O) groups is 1. The highest BCUT2D eigenvalue weighted by atomic mass is 19.3. The first-order valence-corrected chi connectivity index (χ1v) is 6.42. The minimum Gasteiger partial charge on any atom is -0.351 e. The summed E-state index contributed by atoms with van der Waals surface area (Å²) in [5.41, 5.74) is -0.223. The van der Waals surface area contributed by atoms with Gasteiger partial charge in [0.1, 0.15) is 12.7 Å². The van der Waals surface area contributed by atoms with Crippen LogP contribution in [-0.4, -0.2) is 44.2 Å². The van der Waals surface area contributed by atoms with Crippen molar-refractivity contribution in [2.24, 2.45) is 0 Å². The van der Waals surface area contributed by atoms with E-state index in [0.29, 0.717) is 12.7 Å². The highest BCUT2D eigenvalue weighted by Gasteiger charge is 2.71. The third kappa shape index (κ3) is 2.82. The molecule has 0 fully saturated rings. The maximum Gasteiger partial charge on any atom is 0.348 e. The molecule has 0 aliphatic rings. The molecule has 130 valence electrons. The second-order valence-electron chi connectivity index (χ2n) is 4.74. The lowest BCUT2D eigenvalue weighted by Crippen LogP contribution is -2.68. The lowest BCUT2D eigenvalue weighted by Gasteiger charge is -2.38. The number of nitrogens with one attached hydrogen (secondary N) is 1. The van der Waals surface area contributed by atoms with Gasteiger partial charge in [0.05, 0.1) is 0 Å². The predicted octanol–water partition coefficient (Wildman–Crippen LogP) is 1.55. The van der Waals surface area contributed by atoms with Crippen molar-refractivity contribution in [3.8, 4) is 0 Å². The zero-order valence-corrected chi connectivity index (χ0v) is 11.8. The molecule has 2 aromatic rings. The highest BCUT2D eigenvalue weighted by molar-refractivity contribution is 5.94. The average molecular weight is 350 g/mol. The molecule has 0 bridgehead atoms. The number of carbonyl (C=O) groups excluding carboxylic acids is 1. The van der Waals surface area contributed by atoms with Gasteiger partial charge in [0.25, 0.3) is 5.91 Å². The molecule has 0 spiro atoms. The molecule has 0 aliphatic heterocycles. The summed E-state index contributed by atoms with van der Waals surface area (Å²) in [6.07, 6.45) is 1.08. The molecule has 2 N–H and O–H groups in total. The van der Waals surface area contributed by atoms with Crippen LogP contribution in [0.25, 0.3) is 0 Å². The molecule has 0 aliphatic carbocycles. The molecule has 24 heavy (non-hydrogen) atoms. The highest BCUT2D eigenvalue weighted by Crippen LogP contribution is 2.42. The van der Waals surface area contributed by atoms with Crippen LogP contribution in [0.2, 0.25) is 0 Å². The molecule has 2 unspecified atom stereocenters. The Kier molecular flexibility index (Phi) is 4.56. The van der Waals surface area contributed by atoms with Crippen molar-refractivity contribution in [2.45, 2.75) is 17.7 Å².